The Morgan fingerprint density at radius 1 is 0.857 bits per heavy atom. The highest BCUT2D eigenvalue weighted by atomic mass is 31.2. The first kappa shape index (κ1) is 22.8. The van der Waals surface area contributed by atoms with Gasteiger partial charge in [-0.1, -0.05) is 81.4 Å². The van der Waals surface area contributed by atoms with Crippen molar-refractivity contribution in [2.45, 2.75) is 39.8 Å². The summed E-state index contributed by atoms with van der Waals surface area (Å²) in [6, 6.07) is 20.0. The van der Waals surface area contributed by atoms with E-state index < -0.39 is 7.82 Å². The molecular formula is C22H30O4P2. The Morgan fingerprint density at radius 3 is 1.64 bits per heavy atom. The Kier molecular flexibility index (Phi) is 8.46. The molecule has 0 aliphatic carbocycles. The average Bonchev–Trinajstić information content (AvgIpc) is 2.62. The van der Waals surface area contributed by atoms with E-state index in [1.54, 1.807) is 13.8 Å². The molecule has 4 nitrogen and oxygen atoms in total. The van der Waals surface area contributed by atoms with Crippen LogP contribution in [-0.4, -0.2) is 18.4 Å². The van der Waals surface area contributed by atoms with Crippen LogP contribution in [0.1, 0.15) is 45.7 Å². The van der Waals surface area contributed by atoms with Gasteiger partial charge in [0.15, 0.2) is 0 Å². The maximum Gasteiger partial charge on any atom is 0.530 e. The van der Waals surface area contributed by atoms with Crippen LogP contribution in [0.3, 0.4) is 0 Å². The van der Waals surface area contributed by atoms with Crippen LogP contribution < -0.4 is 0 Å². The van der Waals surface area contributed by atoms with Gasteiger partial charge in [-0.05, 0) is 38.7 Å². The van der Waals surface area contributed by atoms with Crippen molar-refractivity contribution >= 4 is 22.0 Å². The topological polar surface area (TPSA) is 44.8 Å². The molecule has 0 aromatic heterocycles. The molecule has 6 heteroatoms. The lowest BCUT2D eigenvalue weighted by Gasteiger charge is -2.26. The normalized spacial score (nSPS) is 12.3. The summed E-state index contributed by atoms with van der Waals surface area (Å²) in [5.41, 5.74) is 3.55. The minimum absolute atomic E-state index is 0.0621. The van der Waals surface area contributed by atoms with Gasteiger partial charge in [-0.2, -0.15) is 0 Å². The third kappa shape index (κ3) is 6.87. The highest BCUT2D eigenvalue weighted by molar-refractivity contribution is 7.51. The quantitative estimate of drug-likeness (QED) is 0.321. The molecule has 2 aromatic rings. The first-order valence-electron chi connectivity index (χ1n) is 9.50. The van der Waals surface area contributed by atoms with Crippen molar-refractivity contribution in [2.24, 2.45) is 0 Å². The zero-order valence-electron chi connectivity index (χ0n) is 17.3. The molecule has 0 radical (unpaired) electrons. The molecule has 0 fully saturated rings. The minimum atomic E-state index is -3.71. The third-order valence-corrected chi connectivity index (χ3v) is 6.67. The molecule has 0 amide bonds. The lowest BCUT2D eigenvalue weighted by Crippen LogP contribution is -2.09. The molecule has 1 atom stereocenters. The molecule has 2 rings (SSSR count). The third-order valence-electron chi connectivity index (χ3n) is 3.62. The summed E-state index contributed by atoms with van der Waals surface area (Å²) in [6.07, 6.45) is 0. The number of hydrogen-bond acceptors (Lipinski definition) is 4. The maximum atomic E-state index is 13.2. The van der Waals surface area contributed by atoms with E-state index >= 15 is 0 Å². The molecule has 2 aromatic carbocycles. The Morgan fingerprint density at radius 2 is 1.29 bits per heavy atom. The van der Waals surface area contributed by atoms with Crippen molar-refractivity contribution in [3.63, 3.8) is 0 Å². The van der Waals surface area contributed by atoms with Crippen molar-refractivity contribution in [2.75, 3.05) is 13.2 Å². The van der Waals surface area contributed by atoms with E-state index in [0.29, 0.717) is 5.50 Å². The van der Waals surface area contributed by atoms with E-state index in [1.807, 2.05) is 60.7 Å². The summed E-state index contributed by atoms with van der Waals surface area (Å²) >= 11 is 0. The van der Waals surface area contributed by atoms with Gasteiger partial charge in [0.1, 0.15) is 5.50 Å². The van der Waals surface area contributed by atoms with Crippen molar-refractivity contribution < 1.29 is 18.1 Å². The highest BCUT2D eigenvalue weighted by Crippen LogP contribution is 2.57. The van der Waals surface area contributed by atoms with Crippen molar-refractivity contribution in [1.82, 2.24) is 0 Å². The molecule has 0 spiro atoms. The first-order valence-corrected chi connectivity index (χ1v) is 12.0. The van der Waals surface area contributed by atoms with Gasteiger partial charge in [0.25, 0.3) is 0 Å². The van der Waals surface area contributed by atoms with E-state index in [2.05, 4.69) is 20.8 Å². The molecule has 28 heavy (non-hydrogen) atoms. The van der Waals surface area contributed by atoms with Crippen molar-refractivity contribution in [1.29, 1.82) is 0 Å². The van der Waals surface area contributed by atoms with Gasteiger partial charge in [0.05, 0.1) is 13.2 Å². The van der Waals surface area contributed by atoms with Gasteiger partial charge >= 0.3 is 7.82 Å². The Labute approximate surface area is 170 Å². The number of benzene rings is 2. The second-order valence-electron chi connectivity index (χ2n) is 7.19. The smallest absolute Gasteiger partial charge is 0.403 e. The zero-order valence-corrected chi connectivity index (χ0v) is 19.2. The van der Waals surface area contributed by atoms with Crippen LogP contribution in [0.4, 0.5) is 0 Å². The second-order valence-corrected chi connectivity index (χ2v) is 11.0. The van der Waals surface area contributed by atoms with Crippen molar-refractivity contribution in [3.05, 3.63) is 77.3 Å². The number of hydrogen-bond donors (Lipinski definition) is 0. The second kappa shape index (κ2) is 10.4. The number of phosphoric acid groups is 1. The molecule has 0 saturated heterocycles. The fourth-order valence-corrected chi connectivity index (χ4v) is 5.37. The minimum Gasteiger partial charge on any atom is -0.403 e. The summed E-state index contributed by atoms with van der Waals surface area (Å²) in [7, 11) is -3.44. The Hall–Kier alpha value is -1.44. The molecule has 0 bridgehead atoms. The summed E-state index contributed by atoms with van der Waals surface area (Å²) < 4.78 is 30.1. The average molecular weight is 420 g/mol. The van der Waals surface area contributed by atoms with E-state index in [-0.39, 0.29) is 27.0 Å². The fraction of sp³-hybridized carbons (Fsp3) is 0.364. The molecule has 152 valence electrons. The fourth-order valence-electron chi connectivity index (χ4n) is 2.63. The number of rotatable bonds is 9. The van der Waals surface area contributed by atoms with Gasteiger partial charge in [0.2, 0.25) is 0 Å². The van der Waals surface area contributed by atoms with E-state index in [4.69, 9.17) is 13.6 Å². The van der Waals surface area contributed by atoms with Crippen LogP contribution in [0.15, 0.2) is 66.2 Å². The first-order chi connectivity index (χ1) is 13.3. The summed E-state index contributed by atoms with van der Waals surface area (Å²) in [5, 5.41) is -0.0621. The summed E-state index contributed by atoms with van der Waals surface area (Å²) in [5.74, 6) is 0. The predicted molar refractivity (Wildman–Crippen MR) is 119 cm³/mol. The largest absolute Gasteiger partial charge is 0.530 e. The zero-order chi connectivity index (χ0) is 20.6. The van der Waals surface area contributed by atoms with Gasteiger partial charge in [-0.25, -0.2) is 4.57 Å². The van der Waals surface area contributed by atoms with Crippen LogP contribution in [0.2, 0.25) is 0 Å². The standard InChI is InChI=1S/C22H30O4P2/c1-6-24-28(23,25-7-2)26-21(27-22(3,4)5)20(18-14-10-8-11-15-18)19-16-12-9-13-17-19/h8-17,27H,6-7H2,1-5H3. The van der Waals surface area contributed by atoms with E-state index in [9.17, 15) is 4.57 Å². The molecule has 0 aliphatic heterocycles. The molecule has 0 N–H and O–H groups in total. The maximum absolute atomic E-state index is 13.2. The van der Waals surface area contributed by atoms with Crippen molar-refractivity contribution in [3.8, 4) is 0 Å². The SMILES string of the molecule is CCOP(=O)(OCC)OC(PC(C)(C)C)=C(c1ccccc1)c1ccccc1. The van der Waals surface area contributed by atoms with Gasteiger partial charge < -0.3 is 4.52 Å². The summed E-state index contributed by atoms with van der Waals surface area (Å²) in [4.78, 5) is 0. The highest BCUT2D eigenvalue weighted by Gasteiger charge is 2.32. The molecular weight excluding hydrogens is 390 g/mol. The monoisotopic (exact) mass is 420 g/mol. The molecule has 0 aliphatic rings. The predicted octanol–water partition coefficient (Wildman–Crippen LogP) is 7.08. The van der Waals surface area contributed by atoms with Crippen LogP contribution >= 0.6 is 16.4 Å². The van der Waals surface area contributed by atoms with Crippen LogP contribution in [0, 0.1) is 0 Å². The molecule has 1 unspecified atom stereocenters. The van der Waals surface area contributed by atoms with Crippen LogP contribution in [0.5, 0.6) is 0 Å². The molecule has 0 saturated carbocycles. The van der Waals surface area contributed by atoms with Crippen LogP contribution in [0.25, 0.3) is 5.57 Å². The van der Waals surface area contributed by atoms with E-state index in [0.717, 1.165) is 16.7 Å². The van der Waals surface area contributed by atoms with Gasteiger partial charge in [-0.15, -0.1) is 0 Å². The van der Waals surface area contributed by atoms with E-state index in [1.165, 1.54) is 0 Å². The van der Waals surface area contributed by atoms with Gasteiger partial charge in [-0.3, -0.25) is 9.05 Å². The lowest BCUT2D eigenvalue weighted by atomic mass is 9.99. The van der Waals surface area contributed by atoms with Crippen LogP contribution in [-0.2, 0) is 18.1 Å². The Bertz CT molecular complexity index is 760. The number of phosphoric ester groups is 1. The lowest BCUT2D eigenvalue weighted by molar-refractivity contribution is 0.151. The summed E-state index contributed by atoms with van der Waals surface area (Å²) in [6.45, 7) is 10.4. The van der Waals surface area contributed by atoms with Gasteiger partial charge in [0, 0.05) is 5.57 Å². The Balaban J connectivity index is 2.68. The molecule has 0 heterocycles.